The van der Waals surface area contributed by atoms with E-state index in [9.17, 15) is 4.79 Å². The second kappa shape index (κ2) is 7.71. The highest BCUT2D eigenvalue weighted by molar-refractivity contribution is 5.78. The average molecular weight is 258 g/mol. The van der Waals surface area contributed by atoms with Crippen molar-refractivity contribution in [3.63, 3.8) is 0 Å². The van der Waals surface area contributed by atoms with E-state index in [4.69, 9.17) is 9.84 Å². The molecule has 1 atom stereocenters. The van der Waals surface area contributed by atoms with Crippen molar-refractivity contribution in [3.05, 3.63) is 0 Å². The van der Waals surface area contributed by atoms with Crippen molar-refractivity contribution in [3.8, 4) is 0 Å². The molecule has 106 valence electrons. The molecule has 1 unspecified atom stereocenters. The molecule has 0 aliphatic carbocycles. The molecule has 18 heavy (non-hydrogen) atoms. The van der Waals surface area contributed by atoms with Gasteiger partial charge in [-0.2, -0.15) is 0 Å². The van der Waals surface area contributed by atoms with Crippen LogP contribution < -0.4 is 5.32 Å². The Balaban J connectivity index is 2.19. The fourth-order valence-electron chi connectivity index (χ4n) is 2.17. The Kier molecular flexibility index (Phi) is 6.60. The lowest BCUT2D eigenvalue weighted by Crippen LogP contribution is -2.47. The number of carboxylic acid groups (broad SMARTS) is 1. The van der Waals surface area contributed by atoms with Gasteiger partial charge >= 0.3 is 5.97 Å². The monoisotopic (exact) mass is 258 g/mol. The zero-order valence-electron chi connectivity index (χ0n) is 11.6. The first-order valence-corrected chi connectivity index (χ1v) is 6.81. The number of unbranched alkanes of at least 4 members (excludes halogenated alkanes) is 1. The predicted octanol–water partition coefficient (Wildman–Crippen LogP) is 0.942. The highest BCUT2D eigenvalue weighted by Gasteiger charge is 2.30. The van der Waals surface area contributed by atoms with Crippen molar-refractivity contribution in [1.29, 1.82) is 0 Å². The molecule has 0 amide bonds. The molecule has 0 spiro atoms. The summed E-state index contributed by atoms with van der Waals surface area (Å²) < 4.78 is 5.40. The molecule has 0 aromatic carbocycles. The lowest BCUT2D eigenvalue weighted by molar-refractivity contribution is -0.144. The number of carboxylic acids is 1. The molecule has 1 aliphatic heterocycles. The Hall–Kier alpha value is -0.650. The normalized spacial score (nSPS) is 21.2. The first kappa shape index (κ1) is 15.4. The van der Waals surface area contributed by atoms with Crippen LogP contribution in [0, 0.1) is 0 Å². The van der Waals surface area contributed by atoms with E-state index >= 15 is 0 Å². The van der Waals surface area contributed by atoms with Crippen molar-refractivity contribution >= 4 is 5.97 Å². The third kappa shape index (κ3) is 4.92. The largest absolute Gasteiger partial charge is 0.480 e. The van der Waals surface area contributed by atoms with Crippen molar-refractivity contribution < 1.29 is 14.6 Å². The zero-order chi connectivity index (χ0) is 13.4. The molecule has 0 radical (unpaired) electrons. The summed E-state index contributed by atoms with van der Waals surface area (Å²) in [4.78, 5) is 13.5. The molecule has 0 aromatic rings. The molecule has 0 saturated carbocycles. The van der Waals surface area contributed by atoms with Gasteiger partial charge in [0.2, 0.25) is 0 Å². The number of rotatable bonds is 7. The highest BCUT2D eigenvalue weighted by Crippen LogP contribution is 2.14. The van der Waals surface area contributed by atoms with Crippen LogP contribution in [0.4, 0.5) is 0 Å². The lowest BCUT2D eigenvalue weighted by atomic mass is 9.95. The van der Waals surface area contributed by atoms with E-state index in [-0.39, 0.29) is 0 Å². The second-order valence-corrected chi connectivity index (χ2v) is 5.15. The maximum Gasteiger partial charge on any atom is 0.323 e. The number of hydrogen-bond donors (Lipinski definition) is 2. The summed E-state index contributed by atoms with van der Waals surface area (Å²) in [7, 11) is 1.71. The van der Waals surface area contributed by atoms with Gasteiger partial charge in [0.15, 0.2) is 0 Å². The Morgan fingerprint density at radius 3 is 2.83 bits per heavy atom. The SMILES string of the molecule is CNC(C)(CCCCN1CCCOCC1)C(=O)O. The summed E-state index contributed by atoms with van der Waals surface area (Å²) in [6.45, 7) is 6.58. The lowest BCUT2D eigenvalue weighted by Gasteiger charge is -2.25. The topological polar surface area (TPSA) is 61.8 Å². The number of aliphatic carboxylic acids is 1. The first-order chi connectivity index (χ1) is 8.58. The minimum absolute atomic E-state index is 0.670. The van der Waals surface area contributed by atoms with Gasteiger partial charge in [0, 0.05) is 19.7 Å². The maximum absolute atomic E-state index is 11.1. The van der Waals surface area contributed by atoms with Gasteiger partial charge < -0.3 is 20.1 Å². The van der Waals surface area contributed by atoms with Gasteiger partial charge in [-0.25, -0.2) is 0 Å². The van der Waals surface area contributed by atoms with E-state index in [1.165, 1.54) is 0 Å². The molecule has 1 rings (SSSR count). The van der Waals surface area contributed by atoms with Gasteiger partial charge in [-0.15, -0.1) is 0 Å². The van der Waals surface area contributed by atoms with Crippen LogP contribution in [0.2, 0.25) is 0 Å². The van der Waals surface area contributed by atoms with Gasteiger partial charge in [0.05, 0.1) is 6.61 Å². The van der Waals surface area contributed by atoms with Gasteiger partial charge in [-0.05, 0) is 46.2 Å². The molecule has 1 heterocycles. The van der Waals surface area contributed by atoms with E-state index < -0.39 is 11.5 Å². The standard InChI is InChI=1S/C13H26N2O3/c1-13(14-2,12(16)17)6-3-4-7-15-8-5-10-18-11-9-15/h14H,3-11H2,1-2H3,(H,16,17). The molecule has 2 N–H and O–H groups in total. The summed E-state index contributed by atoms with van der Waals surface area (Å²) >= 11 is 0. The molecule has 0 bridgehead atoms. The maximum atomic E-state index is 11.1. The smallest absolute Gasteiger partial charge is 0.323 e. The van der Waals surface area contributed by atoms with E-state index in [0.29, 0.717) is 6.42 Å². The van der Waals surface area contributed by atoms with Crippen LogP contribution in [-0.2, 0) is 9.53 Å². The fraction of sp³-hybridized carbons (Fsp3) is 0.923. The van der Waals surface area contributed by atoms with Crippen LogP contribution >= 0.6 is 0 Å². The molecule has 1 fully saturated rings. The number of nitrogens with zero attached hydrogens (tertiary/aromatic N) is 1. The average Bonchev–Trinajstić information content (AvgIpc) is 2.62. The highest BCUT2D eigenvalue weighted by atomic mass is 16.5. The number of nitrogens with one attached hydrogen (secondary N) is 1. The number of hydrogen-bond acceptors (Lipinski definition) is 4. The van der Waals surface area contributed by atoms with E-state index in [0.717, 1.165) is 52.1 Å². The second-order valence-electron chi connectivity index (χ2n) is 5.15. The quantitative estimate of drug-likeness (QED) is 0.666. The van der Waals surface area contributed by atoms with Gasteiger partial charge in [-0.1, -0.05) is 0 Å². The van der Waals surface area contributed by atoms with E-state index in [1.807, 2.05) is 0 Å². The number of carbonyl (C=O) groups is 1. The van der Waals surface area contributed by atoms with E-state index in [2.05, 4.69) is 10.2 Å². The van der Waals surface area contributed by atoms with Crippen molar-refractivity contribution in [2.75, 3.05) is 39.9 Å². The van der Waals surface area contributed by atoms with Gasteiger partial charge in [-0.3, -0.25) is 4.79 Å². The van der Waals surface area contributed by atoms with Gasteiger partial charge in [0.1, 0.15) is 5.54 Å². The van der Waals surface area contributed by atoms with Crippen LogP contribution in [0.15, 0.2) is 0 Å². The Labute approximate surface area is 109 Å². The number of ether oxygens (including phenoxy) is 1. The van der Waals surface area contributed by atoms with Crippen molar-refractivity contribution in [1.82, 2.24) is 10.2 Å². The minimum atomic E-state index is -0.790. The van der Waals surface area contributed by atoms with Crippen LogP contribution in [0.5, 0.6) is 0 Å². The first-order valence-electron chi connectivity index (χ1n) is 6.81. The fourth-order valence-corrected chi connectivity index (χ4v) is 2.17. The minimum Gasteiger partial charge on any atom is -0.480 e. The third-order valence-corrected chi connectivity index (χ3v) is 3.74. The van der Waals surface area contributed by atoms with Crippen LogP contribution in [-0.4, -0.2) is 61.4 Å². The molecular weight excluding hydrogens is 232 g/mol. The summed E-state index contributed by atoms with van der Waals surface area (Å²) in [5.41, 5.74) is -0.790. The summed E-state index contributed by atoms with van der Waals surface area (Å²) in [6, 6.07) is 0. The molecular formula is C13H26N2O3. The Morgan fingerprint density at radius 2 is 2.17 bits per heavy atom. The van der Waals surface area contributed by atoms with Crippen LogP contribution in [0.3, 0.4) is 0 Å². The zero-order valence-corrected chi connectivity index (χ0v) is 11.6. The summed E-state index contributed by atoms with van der Waals surface area (Å²) in [5.74, 6) is -0.770. The molecule has 0 aromatic heterocycles. The van der Waals surface area contributed by atoms with Crippen molar-refractivity contribution in [2.45, 2.75) is 38.1 Å². The predicted molar refractivity (Wildman–Crippen MR) is 70.8 cm³/mol. The number of likely N-dealkylation sites (N-methyl/N-ethyl adjacent to an activating group) is 1. The van der Waals surface area contributed by atoms with Gasteiger partial charge in [0.25, 0.3) is 0 Å². The van der Waals surface area contributed by atoms with E-state index in [1.54, 1.807) is 14.0 Å². The van der Waals surface area contributed by atoms with Crippen LogP contribution in [0.25, 0.3) is 0 Å². The molecule has 5 heteroatoms. The van der Waals surface area contributed by atoms with Crippen molar-refractivity contribution in [2.24, 2.45) is 0 Å². The summed E-state index contributed by atoms with van der Waals surface area (Å²) in [5, 5.41) is 12.0. The summed E-state index contributed by atoms with van der Waals surface area (Å²) in [6.07, 6.45) is 3.75. The van der Waals surface area contributed by atoms with Crippen LogP contribution in [0.1, 0.15) is 32.6 Å². The molecule has 1 aliphatic rings. The molecule has 1 saturated heterocycles. The molecule has 5 nitrogen and oxygen atoms in total. The Bertz CT molecular complexity index is 253. The third-order valence-electron chi connectivity index (χ3n) is 3.74. The Morgan fingerprint density at radius 1 is 1.39 bits per heavy atom.